The predicted octanol–water partition coefficient (Wildman–Crippen LogP) is 15.6. The number of hydrogen-bond acceptors (Lipinski definition) is 3. The molecular formula is C52H33NOS. The van der Waals surface area contributed by atoms with Gasteiger partial charge in [-0.1, -0.05) is 133 Å². The fourth-order valence-corrected chi connectivity index (χ4v) is 9.31. The molecule has 0 bridgehead atoms. The first-order chi connectivity index (χ1) is 27.2. The minimum Gasteiger partial charge on any atom is -0.455 e. The minimum atomic E-state index is 0.896. The second-order valence-electron chi connectivity index (χ2n) is 14.1. The van der Waals surface area contributed by atoms with Crippen molar-refractivity contribution >= 4 is 81.3 Å². The highest BCUT2D eigenvalue weighted by Crippen LogP contribution is 2.44. The van der Waals surface area contributed by atoms with Gasteiger partial charge in [-0.15, -0.1) is 11.3 Å². The van der Waals surface area contributed by atoms with Gasteiger partial charge < -0.3 is 9.32 Å². The van der Waals surface area contributed by atoms with Crippen molar-refractivity contribution in [2.75, 3.05) is 4.90 Å². The van der Waals surface area contributed by atoms with Gasteiger partial charge in [0.2, 0.25) is 0 Å². The first-order valence-electron chi connectivity index (χ1n) is 18.7. The Hall–Kier alpha value is -6.94. The van der Waals surface area contributed by atoms with Gasteiger partial charge in [-0.3, -0.25) is 0 Å². The quantitative estimate of drug-likeness (QED) is 0.170. The molecule has 3 heteroatoms. The molecule has 2 heterocycles. The number of anilines is 3. The van der Waals surface area contributed by atoms with Crippen LogP contribution in [0.4, 0.5) is 17.1 Å². The maximum atomic E-state index is 6.58. The molecule has 0 saturated carbocycles. The van der Waals surface area contributed by atoms with Gasteiger partial charge in [0.25, 0.3) is 0 Å². The van der Waals surface area contributed by atoms with Gasteiger partial charge in [-0.25, -0.2) is 0 Å². The Kier molecular flexibility index (Phi) is 7.39. The van der Waals surface area contributed by atoms with E-state index in [1.165, 1.54) is 47.8 Å². The van der Waals surface area contributed by atoms with Crippen LogP contribution < -0.4 is 4.90 Å². The average molecular weight is 720 g/mol. The van der Waals surface area contributed by atoms with Crippen molar-refractivity contribution in [3.8, 4) is 33.4 Å². The van der Waals surface area contributed by atoms with E-state index in [4.69, 9.17) is 4.42 Å². The lowest BCUT2D eigenvalue weighted by Gasteiger charge is -2.26. The van der Waals surface area contributed by atoms with Crippen LogP contribution in [0.15, 0.2) is 205 Å². The molecule has 0 atom stereocenters. The van der Waals surface area contributed by atoms with Crippen molar-refractivity contribution in [2.45, 2.75) is 0 Å². The molecule has 0 amide bonds. The van der Waals surface area contributed by atoms with Crippen molar-refractivity contribution < 1.29 is 4.42 Å². The zero-order valence-corrected chi connectivity index (χ0v) is 30.6. The number of benzene rings is 9. The molecular weight excluding hydrogens is 687 g/mol. The number of furan rings is 1. The second kappa shape index (κ2) is 12.9. The highest BCUT2D eigenvalue weighted by atomic mass is 32.1. The van der Waals surface area contributed by atoms with Gasteiger partial charge in [-0.05, 0) is 105 Å². The molecule has 0 aliphatic carbocycles. The molecule has 0 aliphatic rings. The van der Waals surface area contributed by atoms with Gasteiger partial charge >= 0.3 is 0 Å². The van der Waals surface area contributed by atoms with Crippen molar-refractivity contribution in [2.24, 2.45) is 0 Å². The molecule has 9 aromatic carbocycles. The minimum absolute atomic E-state index is 0.896. The third-order valence-corrected chi connectivity index (χ3v) is 12.0. The highest BCUT2D eigenvalue weighted by molar-refractivity contribution is 7.25. The van der Waals surface area contributed by atoms with E-state index in [1.54, 1.807) is 0 Å². The monoisotopic (exact) mass is 719 g/mol. The summed E-state index contributed by atoms with van der Waals surface area (Å²) in [5.74, 6) is 0. The maximum absolute atomic E-state index is 6.58. The van der Waals surface area contributed by atoms with E-state index in [-0.39, 0.29) is 0 Å². The normalized spacial score (nSPS) is 11.6. The zero-order chi connectivity index (χ0) is 36.3. The van der Waals surface area contributed by atoms with Crippen molar-refractivity contribution in [1.29, 1.82) is 0 Å². The molecule has 258 valence electrons. The largest absolute Gasteiger partial charge is 0.455 e. The molecule has 2 nitrogen and oxygen atoms in total. The van der Waals surface area contributed by atoms with Crippen LogP contribution in [-0.2, 0) is 0 Å². The molecule has 2 aromatic heterocycles. The Morgan fingerprint density at radius 1 is 0.364 bits per heavy atom. The average Bonchev–Trinajstić information content (AvgIpc) is 3.83. The lowest BCUT2D eigenvalue weighted by molar-refractivity contribution is 0.673. The third-order valence-electron chi connectivity index (χ3n) is 10.8. The summed E-state index contributed by atoms with van der Waals surface area (Å²) in [4.78, 5) is 2.39. The van der Waals surface area contributed by atoms with Gasteiger partial charge in [0.05, 0.1) is 0 Å². The Balaban J connectivity index is 1.06. The van der Waals surface area contributed by atoms with Crippen LogP contribution in [0.25, 0.3) is 86.3 Å². The predicted molar refractivity (Wildman–Crippen MR) is 235 cm³/mol. The molecule has 11 rings (SSSR count). The van der Waals surface area contributed by atoms with E-state index >= 15 is 0 Å². The smallest absolute Gasteiger partial charge is 0.143 e. The molecule has 11 aromatic rings. The summed E-state index contributed by atoms with van der Waals surface area (Å²) < 4.78 is 9.18. The summed E-state index contributed by atoms with van der Waals surface area (Å²) in [7, 11) is 0. The van der Waals surface area contributed by atoms with Crippen LogP contribution in [0, 0.1) is 0 Å². The third kappa shape index (κ3) is 5.40. The van der Waals surface area contributed by atoms with Crippen molar-refractivity contribution in [3.05, 3.63) is 200 Å². The Morgan fingerprint density at radius 3 is 1.89 bits per heavy atom. The van der Waals surface area contributed by atoms with Gasteiger partial charge in [0.1, 0.15) is 11.2 Å². The molecule has 55 heavy (non-hydrogen) atoms. The second-order valence-corrected chi connectivity index (χ2v) is 15.2. The molecule has 0 unspecified atom stereocenters. The zero-order valence-electron chi connectivity index (χ0n) is 29.8. The standard InChI is InChI=1S/C52H33NOS/c1-2-11-34(12-3-1)37-14-8-15-38(31-37)35-23-26-40(27-24-35)53(42-28-30-50-47(33-42)45-19-6-7-22-49(45)55-50)41-17-9-16-39(32-41)43-20-10-21-48-51(43)46-29-25-36-13-4-5-18-44(36)52(46)54-48/h1-33H. The van der Waals surface area contributed by atoms with Crippen LogP contribution in [0.5, 0.6) is 0 Å². The summed E-state index contributed by atoms with van der Waals surface area (Å²) >= 11 is 1.85. The number of fused-ring (bicyclic) bond motifs is 8. The fraction of sp³-hybridized carbons (Fsp3) is 0. The lowest BCUT2D eigenvalue weighted by atomic mass is 9.97. The number of thiophene rings is 1. The number of hydrogen-bond donors (Lipinski definition) is 0. The summed E-state index contributed by atoms with van der Waals surface area (Å²) in [6.07, 6.45) is 0. The van der Waals surface area contributed by atoms with E-state index in [9.17, 15) is 0 Å². The van der Waals surface area contributed by atoms with Crippen LogP contribution in [0.1, 0.15) is 0 Å². The van der Waals surface area contributed by atoms with E-state index < -0.39 is 0 Å². The van der Waals surface area contributed by atoms with E-state index in [1.807, 2.05) is 11.3 Å². The first kappa shape index (κ1) is 31.6. The number of rotatable bonds is 6. The van der Waals surface area contributed by atoms with E-state index in [2.05, 4.69) is 205 Å². The molecule has 0 saturated heterocycles. The molecule has 0 fully saturated rings. The molecule has 0 N–H and O–H groups in total. The lowest BCUT2D eigenvalue weighted by Crippen LogP contribution is -2.10. The van der Waals surface area contributed by atoms with Crippen LogP contribution in [0.2, 0.25) is 0 Å². The Morgan fingerprint density at radius 2 is 1.02 bits per heavy atom. The SMILES string of the molecule is c1ccc(-c2cccc(-c3ccc(N(c4cccc(-c5cccc6oc7c8ccccc8ccc7c56)c4)c4ccc5sc6ccccc6c5c4)cc3)c2)cc1. The summed E-state index contributed by atoms with van der Waals surface area (Å²) in [5.41, 5.74) is 12.2. The fourth-order valence-electron chi connectivity index (χ4n) is 8.22. The van der Waals surface area contributed by atoms with Gasteiger partial charge in [0, 0.05) is 53.4 Å². The van der Waals surface area contributed by atoms with Crippen LogP contribution >= 0.6 is 11.3 Å². The summed E-state index contributed by atoms with van der Waals surface area (Å²) in [5, 5.41) is 7.15. The molecule has 0 aliphatic heterocycles. The van der Waals surface area contributed by atoms with E-state index in [0.717, 1.165) is 55.5 Å². The molecule has 0 radical (unpaired) electrons. The maximum Gasteiger partial charge on any atom is 0.143 e. The molecule has 0 spiro atoms. The van der Waals surface area contributed by atoms with Gasteiger partial charge in [-0.2, -0.15) is 0 Å². The topological polar surface area (TPSA) is 16.4 Å². The highest BCUT2D eigenvalue weighted by Gasteiger charge is 2.19. The van der Waals surface area contributed by atoms with E-state index in [0.29, 0.717) is 0 Å². The first-order valence-corrected chi connectivity index (χ1v) is 19.5. The Labute approximate surface area is 322 Å². The van der Waals surface area contributed by atoms with Crippen LogP contribution in [0.3, 0.4) is 0 Å². The summed E-state index contributed by atoms with van der Waals surface area (Å²) in [6.45, 7) is 0. The van der Waals surface area contributed by atoms with Crippen molar-refractivity contribution in [1.82, 2.24) is 0 Å². The summed E-state index contributed by atoms with van der Waals surface area (Å²) in [6, 6.07) is 72.2. The Bertz CT molecular complexity index is 3210. The van der Waals surface area contributed by atoms with Crippen LogP contribution in [-0.4, -0.2) is 0 Å². The van der Waals surface area contributed by atoms with Crippen molar-refractivity contribution in [3.63, 3.8) is 0 Å². The number of nitrogens with zero attached hydrogens (tertiary/aromatic N) is 1. The van der Waals surface area contributed by atoms with Gasteiger partial charge in [0.15, 0.2) is 0 Å².